The lowest BCUT2D eigenvalue weighted by Gasteiger charge is -2.25. The summed E-state index contributed by atoms with van der Waals surface area (Å²) in [7, 11) is 1.66. The SMILES string of the molecule is COc1ccc(Cc2nnc(-c3cc(C(C)(C)C)cc(C(C)(C)C)c3)o2)cc1. The Balaban J connectivity index is 1.93. The lowest BCUT2D eigenvalue weighted by molar-refractivity contribution is 0.414. The Morgan fingerprint density at radius 3 is 1.89 bits per heavy atom. The van der Waals surface area contributed by atoms with Crippen LogP contribution in [0.5, 0.6) is 5.75 Å². The molecular weight excluding hydrogens is 348 g/mol. The molecule has 1 heterocycles. The van der Waals surface area contributed by atoms with Gasteiger partial charge in [-0.05, 0) is 51.8 Å². The third-order valence-electron chi connectivity index (χ3n) is 4.89. The van der Waals surface area contributed by atoms with Crippen molar-refractivity contribution in [2.24, 2.45) is 0 Å². The molecule has 0 radical (unpaired) electrons. The lowest BCUT2D eigenvalue weighted by Crippen LogP contribution is -2.16. The van der Waals surface area contributed by atoms with E-state index in [9.17, 15) is 0 Å². The van der Waals surface area contributed by atoms with Crippen molar-refractivity contribution in [2.75, 3.05) is 7.11 Å². The van der Waals surface area contributed by atoms with E-state index in [-0.39, 0.29) is 10.8 Å². The van der Waals surface area contributed by atoms with Gasteiger partial charge in [0, 0.05) is 5.56 Å². The molecule has 0 saturated heterocycles. The second-order valence-corrected chi connectivity index (χ2v) is 9.32. The quantitative estimate of drug-likeness (QED) is 0.564. The van der Waals surface area contributed by atoms with Gasteiger partial charge in [-0.3, -0.25) is 0 Å². The number of ether oxygens (including phenoxy) is 1. The normalized spacial score (nSPS) is 12.2. The van der Waals surface area contributed by atoms with E-state index in [1.165, 1.54) is 11.1 Å². The fourth-order valence-corrected chi connectivity index (χ4v) is 2.98. The van der Waals surface area contributed by atoms with Gasteiger partial charge in [-0.1, -0.05) is 59.7 Å². The molecule has 148 valence electrons. The molecule has 0 atom stereocenters. The molecule has 0 aliphatic rings. The second-order valence-electron chi connectivity index (χ2n) is 9.32. The van der Waals surface area contributed by atoms with Crippen LogP contribution >= 0.6 is 0 Å². The van der Waals surface area contributed by atoms with Crippen LogP contribution in [-0.2, 0) is 17.3 Å². The van der Waals surface area contributed by atoms with Crippen LogP contribution in [0.3, 0.4) is 0 Å². The van der Waals surface area contributed by atoms with Gasteiger partial charge in [0.25, 0.3) is 0 Å². The summed E-state index contributed by atoms with van der Waals surface area (Å²) in [5.74, 6) is 2.02. The highest BCUT2D eigenvalue weighted by Crippen LogP contribution is 2.33. The van der Waals surface area contributed by atoms with Crippen LogP contribution in [0.15, 0.2) is 46.9 Å². The Morgan fingerprint density at radius 1 is 0.821 bits per heavy atom. The number of methoxy groups -OCH3 is 1. The van der Waals surface area contributed by atoms with Gasteiger partial charge in [-0.15, -0.1) is 10.2 Å². The molecule has 0 aliphatic heterocycles. The molecular formula is C24H30N2O2. The maximum atomic E-state index is 6.01. The summed E-state index contributed by atoms with van der Waals surface area (Å²) in [6.45, 7) is 13.3. The standard InChI is InChI=1S/C24H30N2O2/c1-23(2,3)18-13-17(14-19(15-18)24(4,5)6)22-26-25-21(28-22)12-16-8-10-20(27-7)11-9-16/h8-11,13-15H,12H2,1-7H3. The number of hydrogen-bond acceptors (Lipinski definition) is 4. The summed E-state index contributed by atoms with van der Waals surface area (Å²) >= 11 is 0. The first-order valence-electron chi connectivity index (χ1n) is 9.68. The topological polar surface area (TPSA) is 48.2 Å². The van der Waals surface area contributed by atoms with E-state index in [4.69, 9.17) is 9.15 Å². The minimum atomic E-state index is 0.0436. The van der Waals surface area contributed by atoms with Crippen molar-refractivity contribution in [1.82, 2.24) is 10.2 Å². The fraction of sp³-hybridized carbons (Fsp3) is 0.417. The summed E-state index contributed by atoms with van der Waals surface area (Å²) in [5, 5.41) is 8.59. The van der Waals surface area contributed by atoms with Crippen LogP contribution in [-0.4, -0.2) is 17.3 Å². The predicted octanol–water partition coefficient (Wildman–Crippen LogP) is 5.93. The number of rotatable bonds is 4. The molecule has 4 nitrogen and oxygen atoms in total. The molecule has 3 rings (SSSR count). The van der Waals surface area contributed by atoms with Gasteiger partial charge in [0.15, 0.2) is 0 Å². The Morgan fingerprint density at radius 2 is 1.39 bits per heavy atom. The van der Waals surface area contributed by atoms with E-state index in [2.05, 4.69) is 69.9 Å². The first-order chi connectivity index (χ1) is 13.1. The first-order valence-corrected chi connectivity index (χ1v) is 9.68. The van der Waals surface area contributed by atoms with Crippen molar-refractivity contribution in [2.45, 2.75) is 58.8 Å². The molecule has 0 fully saturated rings. The van der Waals surface area contributed by atoms with Crippen LogP contribution in [0.2, 0.25) is 0 Å². The molecule has 0 aliphatic carbocycles. The van der Waals surface area contributed by atoms with Crippen LogP contribution in [0.25, 0.3) is 11.5 Å². The number of hydrogen-bond donors (Lipinski definition) is 0. The van der Waals surface area contributed by atoms with E-state index in [0.717, 1.165) is 16.9 Å². The zero-order valence-electron chi connectivity index (χ0n) is 18.0. The second kappa shape index (κ2) is 7.42. The third-order valence-corrected chi connectivity index (χ3v) is 4.89. The van der Waals surface area contributed by atoms with E-state index in [1.807, 2.05) is 24.3 Å². The van der Waals surface area contributed by atoms with Gasteiger partial charge < -0.3 is 9.15 Å². The first kappa shape index (κ1) is 20.1. The molecule has 1 aromatic heterocycles. The minimum Gasteiger partial charge on any atom is -0.497 e. The molecule has 28 heavy (non-hydrogen) atoms. The average Bonchev–Trinajstić information content (AvgIpc) is 3.09. The van der Waals surface area contributed by atoms with Gasteiger partial charge in [0.05, 0.1) is 13.5 Å². The molecule has 0 amide bonds. The van der Waals surface area contributed by atoms with Gasteiger partial charge in [0.1, 0.15) is 5.75 Å². The predicted molar refractivity (Wildman–Crippen MR) is 113 cm³/mol. The Labute approximate surface area is 168 Å². The fourth-order valence-electron chi connectivity index (χ4n) is 2.98. The highest BCUT2D eigenvalue weighted by molar-refractivity contribution is 5.57. The largest absolute Gasteiger partial charge is 0.497 e. The third kappa shape index (κ3) is 4.61. The molecule has 4 heteroatoms. The maximum Gasteiger partial charge on any atom is 0.247 e. The molecule has 0 N–H and O–H groups in total. The van der Waals surface area contributed by atoms with Crippen LogP contribution in [0.1, 0.15) is 64.1 Å². The van der Waals surface area contributed by atoms with Crippen molar-refractivity contribution in [3.8, 4) is 17.2 Å². The summed E-state index contributed by atoms with van der Waals surface area (Å²) < 4.78 is 11.2. The van der Waals surface area contributed by atoms with Crippen molar-refractivity contribution >= 4 is 0 Å². The summed E-state index contributed by atoms with van der Waals surface area (Å²) in [4.78, 5) is 0. The molecule has 0 unspecified atom stereocenters. The van der Waals surface area contributed by atoms with E-state index in [1.54, 1.807) is 7.11 Å². The Kier molecular flexibility index (Phi) is 5.33. The zero-order valence-corrected chi connectivity index (χ0v) is 18.0. The van der Waals surface area contributed by atoms with E-state index in [0.29, 0.717) is 18.2 Å². The van der Waals surface area contributed by atoms with E-state index < -0.39 is 0 Å². The van der Waals surface area contributed by atoms with Crippen molar-refractivity contribution in [3.63, 3.8) is 0 Å². The number of aromatic nitrogens is 2. The van der Waals surface area contributed by atoms with Gasteiger partial charge in [-0.25, -0.2) is 0 Å². The average molecular weight is 379 g/mol. The highest BCUT2D eigenvalue weighted by Gasteiger charge is 2.22. The monoisotopic (exact) mass is 378 g/mol. The number of benzene rings is 2. The number of nitrogens with zero attached hydrogens (tertiary/aromatic N) is 2. The highest BCUT2D eigenvalue weighted by atomic mass is 16.5. The van der Waals surface area contributed by atoms with Crippen molar-refractivity contribution in [1.29, 1.82) is 0 Å². The zero-order chi connectivity index (χ0) is 20.5. The maximum absolute atomic E-state index is 6.01. The molecule has 2 aromatic carbocycles. The summed E-state index contributed by atoms with van der Waals surface area (Å²) in [6.07, 6.45) is 0.599. The van der Waals surface area contributed by atoms with E-state index >= 15 is 0 Å². The Hall–Kier alpha value is -2.62. The van der Waals surface area contributed by atoms with Crippen LogP contribution in [0.4, 0.5) is 0 Å². The Bertz CT molecular complexity index is 910. The molecule has 0 saturated carbocycles. The minimum absolute atomic E-state index is 0.0436. The van der Waals surface area contributed by atoms with Crippen molar-refractivity contribution in [3.05, 3.63) is 65.0 Å². The van der Waals surface area contributed by atoms with Gasteiger partial charge in [-0.2, -0.15) is 0 Å². The summed E-state index contributed by atoms with van der Waals surface area (Å²) in [6, 6.07) is 14.5. The molecule has 3 aromatic rings. The van der Waals surface area contributed by atoms with Gasteiger partial charge in [0.2, 0.25) is 11.8 Å². The van der Waals surface area contributed by atoms with Crippen LogP contribution in [0, 0.1) is 0 Å². The van der Waals surface area contributed by atoms with Crippen molar-refractivity contribution < 1.29 is 9.15 Å². The molecule has 0 spiro atoms. The summed E-state index contributed by atoms with van der Waals surface area (Å²) in [5.41, 5.74) is 4.71. The molecule has 0 bridgehead atoms. The lowest BCUT2D eigenvalue weighted by atomic mass is 9.79. The smallest absolute Gasteiger partial charge is 0.247 e. The van der Waals surface area contributed by atoms with Crippen LogP contribution < -0.4 is 4.74 Å². The van der Waals surface area contributed by atoms with Gasteiger partial charge >= 0.3 is 0 Å².